The topological polar surface area (TPSA) is 251 Å². The van der Waals surface area contributed by atoms with E-state index in [9.17, 15) is 38.7 Å². The maximum Gasteiger partial charge on any atom is 0.329 e. The molecular weight excluding hydrogens is 979 g/mol. The van der Waals surface area contributed by atoms with Crippen LogP contribution in [0.4, 0.5) is 0 Å². The van der Waals surface area contributed by atoms with Crippen LogP contribution in [-0.4, -0.2) is 172 Å². The number of aliphatic hydroxyl groups excluding tert-OH is 1. The van der Waals surface area contributed by atoms with Crippen molar-refractivity contribution in [2.24, 2.45) is 29.6 Å². The number of ether oxygens (including phenoxy) is 3. The number of fused-ring (bicyclic) bond motifs is 1. The van der Waals surface area contributed by atoms with Gasteiger partial charge in [-0.1, -0.05) is 87.8 Å². The Morgan fingerprint density at radius 2 is 1.53 bits per heavy atom. The molecule has 76 heavy (non-hydrogen) atoms. The smallest absolute Gasteiger partial charge is 0.329 e. The number of cyclic esters (lactones) is 2. The molecule has 0 bridgehead atoms. The molecule has 424 valence electrons. The number of likely N-dealkylation sites (N-methyl/N-ethyl adjacent to an activating group) is 1. The fourth-order valence-electron chi connectivity index (χ4n) is 11.2. The number of methoxy groups -OCH3 is 1. The lowest BCUT2D eigenvalue weighted by molar-refractivity contribution is -0.162. The van der Waals surface area contributed by atoms with E-state index in [0.717, 1.165) is 0 Å². The van der Waals surface area contributed by atoms with Crippen molar-refractivity contribution in [3.63, 3.8) is 0 Å². The molecular formula is C56H87N7O13. The van der Waals surface area contributed by atoms with Gasteiger partial charge in [0.1, 0.15) is 47.6 Å². The van der Waals surface area contributed by atoms with Gasteiger partial charge in [0, 0.05) is 39.0 Å². The number of amides is 7. The predicted octanol–water partition coefficient (Wildman–Crippen LogP) is 3.53. The average Bonchev–Trinajstić information content (AvgIpc) is 4.12. The van der Waals surface area contributed by atoms with Crippen molar-refractivity contribution in [3.05, 3.63) is 29.8 Å². The van der Waals surface area contributed by atoms with Gasteiger partial charge in [0.05, 0.1) is 25.7 Å². The second-order valence-corrected chi connectivity index (χ2v) is 23.0. The Balaban J connectivity index is 1.61. The van der Waals surface area contributed by atoms with Crippen LogP contribution in [0.3, 0.4) is 0 Å². The number of carbonyl (C=O) groups excluding carboxylic acids is 9. The van der Waals surface area contributed by atoms with Gasteiger partial charge >= 0.3 is 11.9 Å². The number of aliphatic hydroxyl groups is 1. The molecule has 4 aliphatic rings. The monoisotopic (exact) mass is 1070 g/mol. The van der Waals surface area contributed by atoms with Crippen molar-refractivity contribution in [3.8, 4) is 5.75 Å². The Labute approximate surface area is 449 Å². The third kappa shape index (κ3) is 14.2. The molecule has 11 atom stereocenters. The highest BCUT2D eigenvalue weighted by molar-refractivity contribution is 5.99. The Kier molecular flexibility index (Phi) is 21.3. The fraction of sp³-hybridized carbons (Fsp3) is 0.732. The number of benzene rings is 1. The van der Waals surface area contributed by atoms with Gasteiger partial charge in [0.25, 0.3) is 5.91 Å². The number of carbonyl (C=O) groups is 9. The van der Waals surface area contributed by atoms with Crippen LogP contribution in [0.5, 0.6) is 5.75 Å². The van der Waals surface area contributed by atoms with Crippen molar-refractivity contribution >= 4 is 53.3 Å². The first-order valence-electron chi connectivity index (χ1n) is 27.6. The van der Waals surface area contributed by atoms with Crippen LogP contribution in [0.1, 0.15) is 140 Å². The minimum Gasteiger partial charge on any atom is -0.497 e. The van der Waals surface area contributed by atoms with E-state index in [4.69, 9.17) is 14.2 Å². The van der Waals surface area contributed by atoms with Crippen LogP contribution in [0, 0.1) is 29.6 Å². The van der Waals surface area contributed by atoms with Gasteiger partial charge in [-0.25, -0.2) is 4.79 Å². The summed E-state index contributed by atoms with van der Waals surface area (Å²) in [6.45, 7) is 20.2. The molecule has 5 rings (SSSR count). The van der Waals surface area contributed by atoms with Crippen molar-refractivity contribution in [1.29, 1.82) is 0 Å². The van der Waals surface area contributed by atoms with E-state index in [1.54, 1.807) is 63.8 Å². The van der Waals surface area contributed by atoms with E-state index in [-0.39, 0.29) is 68.3 Å². The standard InChI is InChI=1S/C56H87N7O13/c1-14-35(10)45-43(64)30-44(65)76-47(33(6)7)50(68)57-39(27-31(2)3)52(70)61-24-15-17-40(61)53(71)60(12)42(29-37-18-20-38(74-13)21-19-37)54(72)75-36(11)46(49(67)58-45)59-48(66)41(28-32(4)5)62-26-23-56(55(62)73)22-16-25-63(56)51(69)34(8)9/h18-21,31-36,39-43,45-47,64H,14-17,22-30H2,1-13H3,(H,57,68)(H,58,67)(H,59,66)/t35-,36+,39-,40-,41+,42-,43-,45+,46-,47-,56?/m0/s1. The maximum atomic E-state index is 15.0. The minimum atomic E-state index is -1.68. The van der Waals surface area contributed by atoms with Crippen LogP contribution in [-0.2, 0) is 59.0 Å². The number of likely N-dealkylation sites (tertiary alicyclic amines) is 2. The average molecular weight is 1070 g/mol. The van der Waals surface area contributed by atoms with E-state index >= 15 is 9.59 Å². The summed E-state index contributed by atoms with van der Waals surface area (Å²) in [5, 5.41) is 20.3. The summed E-state index contributed by atoms with van der Waals surface area (Å²) in [6.07, 6.45) is -2.34. The lowest BCUT2D eigenvalue weighted by Gasteiger charge is -2.37. The highest BCUT2D eigenvalue weighted by Gasteiger charge is 2.57. The molecule has 0 aromatic heterocycles. The first kappa shape index (κ1) is 61.1. The first-order valence-corrected chi connectivity index (χ1v) is 27.6. The van der Waals surface area contributed by atoms with Crippen LogP contribution in [0.15, 0.2) is 24.3 Å². The van der Waals surface area contributed by atoms with E-state index in [0.29, 0.717) is 50.0 Å². The highest BCUT2D eigenvalue weighted by atomic mass is 16.6. The molecule has 0 saturated carbocycles. The Hall–Kier alpha value is -5.79. The zero-order chi connectivity index (χ0) is 56.5. The van der Waals surface area contributed by atoms with Gasteiger partial charge in [-0.2, -0.15) is 0 Å². The summed E-state index contributed by atoms with van der Waals surface area (Å²) in [4.78, 5) is 136. The number of rotatable bonds is 14. The molecule has 4 heterocycles. The van der Waals surface area contributed by atoms with Crippen LogP contribution < -0.4 is 20.7 Å². The quantitative estimate of drug-likeness (QED) is 0.195. The summed E-state index contributed by atoms with van der Waals surface area (Å²) >= 11 is 0. The van der Waals surface area contributed by atoms with Gasteiger partial charge in [0.15, 0.2) is 6.10 Å². The van der Waals surface area contributed by atoms with Crippen LogP contribution in [0.2, 0.25) is 0 Å². The zero-order valence-corrected chi connectivity index (χ0v) is 47.2. The third-order valence-corrected chi connectivity index (χ3v) is 15.7. The Bertz CT molecular complexity index is 2260. The van der Waals surface area contributed by atoms with Crippen LogP contribution in [0.25, 0.3) is 0 Å². The molecule has 4 fully saturated rings. The molecule has 0 aliphatic carbocycles. The second-order valence-electron chi connectivity index (χ2n) is 23.0. The van der Waals surface area contributed by atoms with Crippen molar-refractivity contribution < 1.29 is 62.5 Å². The van der Waals surface area contributed by atoms with Crippen LogP contribution >= 0.6 is 0 Å². The first-order chi connectivity index (χ1) is 35.8. The highest BCUT2D eigenvalue weighted by Crippen LogP contribution is 2.41. The Morgan fingerprint density at radius 3 is 2.12 bits per heavy atom. The minimum absolute atomic E-state index is 0.0772. The van der Waals surface area contributed by atoms with Crippen molar-refractivity contribution in [2.75, 3.05) is 33.8 Å². The summed E-state index contributed by atoms with van der Waals surface area (Å²) in [6, 6.07) is -0.584. The maximum absolute atomic E-state index is 15.0. The number of nitrogens with one attached hydrogen (secondary N) is 3. The van der Waals surface area contributed by atoms with Gasteiger partial charge in [-0.05, 0) is 93.2 Å². The SMILES string of the molecule is CC[C@H](C)[C@H]1NC(=O)[C@@H](NC(=O)[C@@H](CC(C)C)N2CCC3(CCCN3C(=O)C(C)C)C2=O)[C@@H](C)OC(=O)[C@H](Cc2ccc(OC)cc2)N(C)C(=O)[C@@H]2CCCN2C(=O)[C@H](CC(C)C)NC(=O)[C@H](C(C)C)OC(=O)C[C@@H]1O. The van der Waals surface area contributed by atoms with E-state index in [1.807, 2.05) is 34.6 Å². The molecule has 1 unspecified atom stereocenters. The van der Waals surface area contributed by atoms with Gasteiger partial charge in [-0.3, -0.25) is 38.4 Å². The fourth-order valence-corrected chi connectivity index (χ4v) is 11.2. The molecule has 0 radical (unpaired) electrons. The van der Waals surface area contributed by atoms with E-state index in [1.165, 1.54) is 35.8 Å². The van der Waals surface area contributed by atoms with Gasteiger partial charge in [0.2, 0.25) is 35.4 Å². The largest absolute Gasteiger partial charge is 0.497 e. The molecule has 1 spiro atoms. The second kappa shape index (κ2) is 26.5. The van der Waals surface area contributed by atoms with Gasteiger partial charge in [-0.15, -0.1) is 0 Å². The summed E-state index contributed by atoms with van der Waals surface area (Å²) in [5.41, 5.74) is -0.501. The predicted molar refractivity (Wildman–Crippen MR) is 282 cm³/mol. The number of hydrogen-bond acceptors (Lipinski definition) is 13. The number of nitrogens with zero attached hydrogens (tertiary/aromatic N) is 4. The lowest BCUT2D eigenvalue weighted by atomic mass is 9.92. The summed E-state index contributed by atoms with van der Waals surface area (Å²) in [5.74, 6) is -6.95. The third-order valence-electron chi connectivity index (χ3n) is 15.7. The molecule has 4 aliphatic heterocycles. The van der Waals surface area contributed by atoms with E-state index < -0.39 is 120 Å². The molecule has 7 amide bonds. The number of esters is 2. The molecule has 20 nitrogen and oxygen atoms in total. The molecule has 4 N–H and O–H groups in total. The van der Waals surface area contributed by atoms with Crippen molar-refractivity contribution in [2.45, 2.75) is 200 Å². The molecule has 4 saturated heterocycles. The van der Waals surface area contributed by atoms with Crippen molar-refractivity contribution in [1.82, 2.24) is 35.6 Å². The molecule has 1 aromatic rings. The molecule has 20 heteroatoms. The lowest BCUT2D eigenvalue weighted by Crippen LogP contribution is -2.62. The van der Waals surface area contributed by atoms with E-state index in [2.05, 4.69) is 16.0 Å². The summed E-state index contributed by atoms with van der Waals surface area (Å²) in [7, 11) is 2.95. The van der Waals surface area contributed by atoms with Gasteiger partial charge < -0.3 is 54.9 Å². The normalized spacial score (nSPS) is 28.6. The number of hydrogen-bond donors (Lipinski definition) is 4. The summed E-state index contributed by atoms with van der Waals surface area (Å²) < 4.78 is 17.3. The molecule has 1 aromatic carbocycles. The Morgan fingerprint density at radius 1 is 0.855 bits per heavy atom. The zero-order valence-electron chi connectivity index (χ0n) is 47.2.